The number of alkyl halides is 3. The molecule has 7 heteroatoms. The lowest BCUT2D eigenvalue weighted by Crippen LogP contribution is -2.17. The summed E-state index contributed by atoms with van der Waals surface area (Å²) in [5.74, 6) is -0.991. The number of benzene rings is 1. The van der Waals surface area contributed by atoms with Gasteiger partial charge in [0, 0.05) is 5.02 Å². The molecule has 18 heavy (non-hydrogen) atoms. The minimum Gasteiger partial charge on any atom is -0.466 e. The molecule has 0 aliphatic heterocycles. The smallest absolute Gasteiger partial charge is 0.466 e. The highest BCUT2D eigenvalue weighted by molar-refractivity contribution is 6.31. The summed E-state index contributed by atoms with van der Waals surface area (Å²) in [4.78, 5) is 11.2. The van der Waals surface area contributed by atoms with Crippen LogP contribution in [0.15, 0.2) is 18.2 Å². The van der Waals surface area contributed by atoms with Gasteiger partial charge < -0.3 is 9.47 Å². The van der Waals surface area contributed by atoms with Crippen molar-refractivity contribution in [2.75, 3.05) is 6.61 Å². The maximum atomic E-state index is 12.0. The molecule has 1 aromatic carbocycles. The molecule has 0 aliphatic carbocycles. The summed E-state index contributed by atoms with van der Waals surface area (Å²) < 4.78 is 44.4. The molecular weight excluding hydrogens is 273 g/mol. The molecule has 0 N–H and O–H groups in total. The van der Waals surface area contributed by atoms with Gasteiger partial charge in [0.15, 0.2) is 0 Å². The maximum Gasteiger partial charge on any atom is 0.573 e. The van der Waals surface area contributed by atoms with Crippen molar-refractivity contribution in [1.29, 1.82) is 0 Å². The first-order valence-electron chi connectivity index (χ1n) is 5.01. The van der Waals surface area contributed by atoms with E-state index in [1.807, 2.05) is 0 Å². The summed E-state index contributed by atoms with van der Waals surface area (Å²) in [5, 5.41) is 0.178. The lowest BCUT2D eigenvalue weighted by Gasteiger charge is -2.11. The molecule has 0 unspecified atom stereocenters. The van der Waals surface area contributed by atoms with Gasteiger partial charge >= 0.3 is 12.3 Å². The van der Waals surface area contributed by atoms with Crippen LogP contribution in [0, 0.1) is 0 Å². The van der Waals surface area contributed by atoms with Gasteiger partial charge in [0.1, 0.15) is 5.75 Å². The van der Waals surface area contributed by atoms with Gasteiger partial charge in [-0.1, -0.05) is 11.6 Å². The molecule has 0 spiro atoms. The third-order valence-corrected chi connectivity index (χ3v) is 2.26. The average Bonchev–Trinajstić information content (AvgIpc) is 2.21. The Morgan fingerprint density at radius 2 is 2.06 bits per heavy atom. The van der Waals surface area contributed by atoms with Gasteiger partial charge in [-0.2, -0.15) is 0 Å². The summed E-state index contributed by atoms with van der Waals surface area (Å²) in [6.07, 6.45) is -4.99. The molecular formula is C11H10ClF3O3. The largest absolute Gasteiger partial charge is 0.573 e. The first kappa shape index (κ1) is 14.6. The van der Waals surface area contributed by atoms with E-state index in [-0.39, 0.29) is 23.6 Å². The summed E-state index contributed by atoms with van der Waals surface area (Å²) in [6, 6.07) is 3.37. The molecule has 0 heterocycles. The van der Waals surface area contributed by atoms with Crippen molar-refractivity contribution < 1.29 is 27.4 Å². The minimum absolute atomic E-state index is 0.178. The zero-order chi connectivity index (χ0) is 13.8. The van der Waals surface area contributed by atoms with Gasteiger partial charge in [-0.05, 0) is 30.7 Å². The average molecular weight is 283 g/mol. The van der Waals surface area contributed by atoms with E-state index in [2.05, 4.69) is 9.47 Å². The van der Waals surface area contributed by atoms with E-state index < -0.39 is 18.1 Å². The molecule has 1 rings (SSSR count). The van der Waals surface area contributed by atoms with Crippen LogP contribution in [0.2, 0.25) is 5.02 Å². The number of rotatable bonds is 4. The Hall–Kier alpha value is -1.43. The Morgan fingerprint density at radius 1 is 1.39 bits per heavy atom. The zero-order valence-electron chi connectivity index (χ0n) is 9.38. The van der Waals surface area contributed by atoms with Crippen LogP contribution in [0.5, 0.6) is 5.75 Å². The SMILES string of the molecule is CCOC(=O)Cc1cc(OC(F)(F)F)ccc1Cl. The number of carbonyl (C=O) groups is 1. The van der Waals surface area contributed by atoms with Crippen LogP contribution >= 0.6 is 11.6 Å². The summed E-state index contributed by atoms with van der Waals surface area (Å²) in [6.45, 7) is 1.82. The van der Waals surface area contributed by atoms with Crippen molar-refractivity contribution in [1.82, 2.24) is 0 Å². The van der Waals surface area contributed by atoms with Crippen molar-refractivity contribution in [3.05, 3.63) is 28.8 Å². The summed E-state index contributed by atoms with van der Waals surface area (Å²) in [5.41, 5.74) is 0.219. The van der Waals surface area contributed by atoms with E-state index in [1.165, 1.54) is 6.07 Å². The molecule has 0 radical (unpaired) electrons. The summed E-state index contributed by atoms with van der Waals surface area (Å²) in [7, 11) is 0. The van der Waals surface area contributed by atoms with Gasteiger partial charge in [-0.25, -0.2) is 0 Å². The Kier molecular flexibility index (Phi) is 4.84. The topological polar surface area (TPSA) is 35.5 Å². The number of hydrogen-bond donors (Lipinski definition) is 0. The molecule has 0 saturated carbocycles. The number of ether oxygens (including phenoxy) is 2. The third-order valence-electron chi connectivity index (χ3n) is 1.89. The predicted octanol–water partition coefficient (Wildman–Crippen LogP) is 3.34. The second kappa shape index (κ2) is 5.95. The molecule has 0 amide bonds. The van der Waals surface area contributed by atoms with Crippen LogP contribution in [0.1, 0.15) is 12.5 Å². The first-order valence-corrected chi connectivity index (χ1v) is 5.39. The number of carbonyl (C=O) groups excluding carboxylic acids is 1. The number of hydrogen-bond acceptors (Lipinski definition) is 3. The van der Waals surface area contributed by atoms with E-state index in [1.54, 1.807) is 6.92 Å². The van der Waals surface area contributed by atoms with Crippen molar-refractivity contribution in [2.45, 2.75) is 19.7 Å². The summed E-state index contributed by atoms with van der Waals surface area (Å²) >= 11 is 5.77. The van der Waals surface area contributed by atoms with E-state index >= 15 is 0 Å². The van der Waals surface area contributed by atoms with Gasteiger partial charge in [-0.15, -0.1) is 13.2 Å². The highest BCUT2D eigenvalue weighted by atomic mass is 35.5. The van der Waals surface area contributed by atoms with E-state index in [0.29, 0.717) is 0 Å². The van der Waals surface area contributed by atoms with Crippen LogP contribution < -0.4 is 4.74 Å². The monoisotopic (exact) mass is 282 g/mol. The molecule has 0 bridgehead atoms. The molecule has 0 aromatic heterocycles. The standard InChI is InChI=1S/C11H10ClF3O3/c1-2-17-10(16)6-7-5-8(3-4-9(7)12)18-11(13,14)15/h3-5H,2,6H2,1H3. The fourth-order valence-electron chi connectivity index (χ4n) is 1.25. The zero-order valence-corrected chi connectivity index (χ0v) is 10.1. The molecule has 0 atom stereocenters. The van der Waals surface area contributed by atoms with E-state index in [0.717, 1.165) is 12.1 Å². The second-order valence-electron chi connectivity index (χ2n) is 3.28. The van der Waals surface area contributed by atoms with Crippen molar-refractivity contribution in [2.24, 2.45) is 0 Å². The molecule has 0 saturated heterocycles. The number of esters is 1. The first-order chi connectivity index (χ1) is 8.31. The van der Waals surface area contributed by atoms with Gasteiger partial charge in [0.2, 0.25) is 0 Å². The Morgan fingerprint density at radius 3 is 2.61 bits per heavy atom. The van der Waals surface area contributed by atoms with Crippen molar-refractivity contribution in [3.63, 3.8) is 0 Å². The van der Waals surface area contributed by atoms with Gasteiger partial charge in [0.05, 0.1) is 13.0 Å². The molecule has 3 nitrogen and oxygen atoms in total. The van der Waals surface area contributed by atoms with Crippen LogP contribution in [-0.4, -0.2) is 18.9 Å². The van der Waals surface area contributed by atoms with Gasteiger partial charge in [-0.3, -0.25) is 4.79 Å². The highest BCUT2D eigenvalue weighted by Crippen LogP contribution is 2.27. The predicted molar refractivity (Wildman–Crippen MR) is 58.5 cm³/mol. The Labute approximate surface area is 106 Å². The third kappa shape index (κ3) is 4.83. The van der Waals surface area contributed by atoms with Crippen LogP contribution in [0.25, 0.3) is 0 Å². The van der Waals surface area contributed by atoms with E-state index in [4.69, 9.17) is 11.6 Å². The van der Waals surface area contributed by atoms with Crippen molar-refractivity contribution >= 4 is 17.6 Å². The van der Waals surface area contributed by atoms with E-state index in [9.17, 15) is 18.0 Å². The Balaban J connectivity index is 2.84. The van der Waals surface area contributed by atoms with Crippen LogP contribution in [-0.2, 0) is 16.0 Å². The maximum absolute atomic E-state index is 12.0. The van der Waals surface area contributed by atoms with Crippen LogP contribution in [0.4, 0.5) is 13.2 Å². The fraction of sp³-hybridized carbons (Fsp3) is 0.364. The fourth-order valence-corrected chi connectivity index (χ4v) is 1.44. The highest BCUT2D eigenvalue weighted by Gasteiger charge is 2.31. The lowest BCUT2D eigenvalue weighted by molar-refractivity contribution is -0.274. The molecule has 0 fully saturated rings. The van der Waals surface area contributed by atoms with Crippen molar-refractivity contribution in [3.8, 4) is 5.75 Å². The quantitative estimate of drug-likeness (QED) is 0.795. The molecule has 1 aromatic rings. The van der Waals surface area contributed by atoms with Gasteiger partial charge in [0.25, 0.3) is 0 Å². The number of halogens is 4. The molecule has 0 aliphatic rings. The normalized spacial score (nSPS) is 11.2. The Bertz CT molecular complexity index is 432. The van der Waals surface area contributed by atoms with Crippen LogP contribution in [0.3, 0.4) is 0 Å². The minimum atomic E-state index is -4.78. The molecule has 100 valence electrons. The second-order valence-corrected chi connectivity index (χ2v) is 3.69. The lowest BCUT2D eigenvalue weighted by atomic mass is 10.1.